The molecule has 5 nitrogen and oxygen atoms in total. The topological polar surface area (TPSA) is 64.6 Å². The summed E-state index contributed by atoms with van der Waals surface area (Å²) in [4.78, 5) is 22.8. The smallest absolute Gasteiger partial charge is 0.460 e. The van der Waals surface area contributed by atoms with Crippen molar-refractivity contribution >= 4 is 12.1 Å². The number of hydrogen-bond donors (Lipinski definition) is 1. The van der Waals surface area contributed by atoms with E-state index in [2.05, 4.69) is 9.47 Å². The van der Waals surface area contributed by atoms with E-state index in [0.29, 0.717) is 0 Å². The van der Waals surface area contributed by atoms with Gasteiger partial charge in [-0.1, -0.05) is 0 Å². The van der Waals surface area contributed by atoms with Crippen LogP contribution in [-0.4, -0.2) is 67.1 Å². The van der Waals surface area contributed by atoms with Crippen molar-refractivity contribution in [3.63, 3.8) is 0 Å². The summed E-state index contributed by atoms with van der Waals surface area (Å²) < 4.78 is 179. The van der Waals surface area contributed by atoms with E-state index in [1.54, 1.807) is 0 Å². The summed E-state index contributed by atoms with van der Waals surface area (Å²) in [7, 11) is 0. The number of rotatable bonds is 10. The summed E-state index contributed by atoms with van der Waals surface area (Å²) in [5.41, 5.74) is 0. The molecule has 0 aromatic heterocycles. The predicted molar refractivity (Wildman–Crippen MR) is 76.0 cm³/mol. The molecule has 1 unspecified atom stereocenters. The van der Waals surface area contributed by atoms with Crippen LogP contribution in [0.5, 0.6) is 0 Å². The first-order valence-corrected chi connectivity index (χ1v) is 8.10. The monoisotopic (exact) mass is 507 g/mol. The van der Waals surface area contributed by atoms with Gasteiger partial charge in [-0.3, -0.25) is 0 Å². The quantitative estimate of drug-likeness (QED) is 0.341. The molecule has 0 rings (SSSR count). The van der Waals surface area contributed by atoms with Crippen LogP contribution in [0.15, 0.2) is 0 Å². The highest BCUT2D eigenvalue weighted by molar-refractivity contribution is 5.81. The van der Waals surface area contributed by atoms with E-state index < -0.39 is 73.5 Å². The second-order valence-electron chi connectivity index (χ2n) is 5.87. The van der Waals surface area contributed by atoms with Gasteiger partial charge in [-0.15, -0.1) is 0 Å². The maximum Gasteiger partial charge on any atom is 0.460 e. The Morgan fingerprint density at radius 2 is 1.09 bits per heavy atom. The van der Waals surface area contributed by atoms with Crippen molar-refractivity contribution in [2.24, 2.45) is 0 Å². The van der Waals surface area contributed by atoms with Gasteiger partial charge in [0, 0.05) is 6.42 Å². The normalized spacial score (nSPS) is 15.2. The van der Waals surface area contributed by atoms with Gasteiger partial charge in [-0.25, -0.2) is 9.59 Å². The van der Waals surface area contributed by atoms with Gasteiger partial charge in [0.1, 0.15) is 6.04 Å². The minimum atomic E-state index is -8.07. The van der Waals surface area contributed by atoms with E-state index in [1.807, 2.05) is 0 Å². The predicted octanol–water partition coefficient (Wildman–Crippen LogP) is 4.79. The second kappa shape index (κ2) is 9.36. The molecule has 0 aliphatic carbocycles. The summed E-state index contributed by atoms with van der Waals surface area (Å²) >= 11 is 0. The molecular formula is C14H14F13NO4. The Balaban J connectivity index is 6.27. The Morgan fingerprint density at radius 1 is 0.688 bits per heavy atom. The third-order valence-electron chi connectivity index (χ3n) is 3.60. The van der Waals surface area contributed by atoms with Gasteiger partial charge < -0.3 is 14.8 Å². The minimum absolute atomic E-state index is 0.495. The van der Waals surface area contributed by atoms with Crippen LogP contribution in [0.1, 0.15) is 20.3 Å². The molecule has 0 saturated heterocycles. The molecule has 0 bridgehead atoms. The standard InChI is InChI=1S/C14H14F13NO4/c1-3-31-7(29)6(28-8(30)32-4-2)5-9(15,16)10(17,18)11(19,20)12(21,22)13(23,24)14(25,26)27/h6H,3-5H2,1-2H3,(H,28,30). The molecule has 1 amide bonds. The number of alkyl halides is 13. The lowest BCUT2D eigenvalue weighted by Gasteiger charge is -2.40. The molecule has 0 aromatic carbocycles. The number of hydrogen-bond acceptors (Lipinski definition) is 4. The molecular weight excluding hydrogens is 493 g/mol. The molecule has 0 fully saturated rings. The zero-order valence-electron chi connectivity index (χ0n) is 15.7. The molecule has 18 heteroatoms. The third-order valence-corrected chi connectivity index (χ3v) is 3.60. The number of carbonyl (C=O) groups excluding carboxylic acids is 2. The molecule has 0 radical (unpaired) electrons. The van der Waals surface area contributed by atoms with Crippen LogP contribution in [0.2, 0.25) is 0 Å². The van der Waals surface area contributed by atoms with Crippen molar-refractivity contribution < 1.29 is 76.1 Å². The average molecular weight is 507 g/mol. The van der Waals surface area contributed by atoms with Crippen LogP contribution in [0.4, 0.5) is 61.9 Å². The summed E-state index contributed by atoms with van der Waals surface area (Å²) in [5, 5.41) is 1.17. The Kier molecular flexibility index (Phi) is 8.73. The first-order valence-electron chi connectivity index (χ1n) is 8.10. The molecule has 0 heterocycles. The number of amides is 1. The van der Waals surface area contributed by atoms with Gasteiger partial charge in [0.15, 0.2) is 0 Å². The SMILES string of the molecule is CCOC(=O)NC(CC(F)(F)C(F)(F)C(F)(F)C(F)(F)C(F)(F)C(F)(F)F)C(=O)OCC. The molecule has 0 aromatic rings. The number of ether oxygens (including phenoxy) is 2. The second-order valence-corrected chi connectivity index (χ2v) is 5.87. The highest BCUT2D eigenvalue weighted by Crippen LogP contribution is 2.60. The number of halogens is 13. The minimum Gasteiger partial charge on any atom is -0.464 e. The van der Waals surface area contributed by atoms with Gasteiger partial charge in [-0.05, 0) is 13.8 Å². The lowest BCUT2D eigenvalue weighted by molar-refractivity contribution is -0.440. The highest BCUT2D eigenvalue weighted by Gasteiger charge is 2.90. The van der Waals surface area contributed by atoms with Crippen LogP contribution in [-0.2, 0) is 14.3 Å². The third kappa shape index (κ3) is 5.24. The lowest BCUT2D eigenvalue weighted by Crippen LogP contribution is -2.70. The number of alkyl carbamates (subject to hydrolysis) is 1. The Morgan fingerprint density at radius 3 is 1.47 bits per heavy atom. The Hall–Kier alpha value is -2.17. The summed E-state index contributed by atoms with van der Waals surface area (Å²) in [6.45, 7) is 1.00. The summed E-state index contributed by atoms with van der Waals surface area (Å²) in [6.07, 6.45) is -12.3. The van der Waals surface area contributed by atoms with E-state index in [0.717, 1.165) is 13.8 Å². The molecule has 0 spiro atoms. The first-order chi connectivity index (χ1) is 14.0. The first kappa shape index (κ1) is 29.8. The van der Waals surface area contributed by atoms with Crippen LogP contribution < -0.4 is 5.32 Å². The Labute approximate surface area is 170 Å². The summed E-state index contributed by atoms with van der Waals surface area (Å²) in [6, 6.07) is -2.98. The largest absolute Gasteiger partial charge is 0.464 e. The van der Waals surface area contributed by atoms with E-state index in [4.69, 9.17) is 0 Å². The fourth-order valence-corrected chi connectivity index (χ4v) is 1.94. The summed E-state index contributed by atoms with van der Waals surface area (Å²) in [5.74, 6) is -40.1. The van der Waals surface area contributed by atoms with Crippen molar-refractivity contribution in [2.45, 2.75) is 62.1 Å². The average Bonchev–Trinajstić information content (AvgIpc) is 2.59. The Bertz CT molecular complexity index is 678. The zero-order valence-corrected chi connectivity index (χ0v) is 15.7. The van der Waals surface area contributed by atoms with Gasteiger partial charge >= 0.3 is 47.9 Å². The van der Waals surface area contributed by atoms with E-state index >= 15 is 0 Å². The van der Waals surface area contributed by atoms with Crippen LogP contribution >= 0.6 is 0 Å². The van der Waals surface area contributed by atoms with Crippen LogP contribution in [0, 0.1) is 0 Å². The van der Waals surface area contributed by atoms with Crippen molar-refractivity contribution in [3.8, 4) is 0 Å². The molecule has 0 aliphatic rings. The van der Waals surface area contributed by atoms with Crippen molar-refractivity contribution in [2.75, 3.05) is 13.2 Å². The van der Waals surface area contributed by atoms with E-state index in [-0.39, 0.29) is 0 Å². The van der Waals surface area contributed by atoms with Crippen molar-refractivity contribution in [3.05, 3.63) is 0 Å². The molecule has 0 saturated carbocycles. The number of esters is 1. The van der Waals surface area contributed by atoms with E-state index in [1.165, 1.54) is 5.32 Å². The van der Waals surface area contributed by atoms with Gasteiger partial charge in [-0.2, -0.15) is 57.1 Å². The molecule has 32 heavy (non-hydrogen) atoms. The van der Waals surface area contributed by atoms with Crippen molar-refractivity contribution in [1.82, 2.24) is 5.32 Å². The lowest BCUT2D eigenvalue weighted by atomic mass is 9.91. The molecule has 190 valence electrons. The highest BCUT2D eigenvalue weighted by atomic mass is 19.4. The molecule has 0 aliphatic heterocycles. The molecule has 1 atom stereocenters. The number of nitrogens with one attached hydrogen (secondary N) is 1. The number of carbonyl (C=O) groups is 2. The maximum absolute atomic E-state index is 13.9. The van der Waals surface area contributed by atoms with Gasteiger partial charge in [0.25, 0.3) is 0 Å². The van der Waals surface area contributed by atoms with Gasteiger partial charge in [0.05, 0.1) is 13.2 Å². The maximum atomic E-state index is 13.9. The zero-order chi connectivity index (χ0) is 26.0. The molecule has 1 N–H and O–H groups in total. The fraction of sp³-hybridized carbons (Fsp3) is 0.857. The van der Waals surface area contributed by atoms with E-state index in [9.17, 15) is 66.7 Å². The van der Waals surface area contributed by atoms with Crippen LogP contribution in [0.3, 0.4) is 0 Å². The van der Waals surface area contributed by atoms with Crippen molar-refractivity contribution in [1.29, 1.82) is 0 Å². The van der Waals surface area contributed by atoms with Gasteiger partial charge in [0.2, 0.25) is 0 Å². The van der Waals surface area contributed by atoms with Crippen LogP contribution in [0.25, 0.3) is 0 Å². The fourth-order valence-electron chi connectivity index (χ4n) is 1.94.